The smallest absolute Gasteiger partial charge is 0.119 e. The summed E-state index contributed by atoms with van der Waals surface area (Å²) in [5, 5.41) is 13.7. The third-order valence-corrected chi connectivity index (χ3v) is 4.41. The lowest BCUT2D eigenvalue weighted by molar-refractivity contribution is 0.299. The van der Waals surface area contributed by atoms with Gasteiger partial charge in [-0.05, 0) is 84.2 Å². The molecule has 0 radical (unpaired) electrons. The zero-order chi connectivity index (χ0) is 20.7. The average molecular weight is 385 g/mol. The molecule has 4 nitrogen and oxygen atoms in total. The van der Waals surface area contributed by atoms with Crippen LogP contribution in [0.15, 0.2) is 24.3 Å². The van der Waals surface area contributed by atoms with Crippen molar-refractivity contribution in [3.8, 4) is 5.75 Å². The number of unbranched alkanes of at least 4 members (excludes halogenated alkanes) is 2. The fraction of sp³-hybridized carbons (Fsp3) is 0.739. The molecule has 27 heavy (non-hydrogen) atoms. The van der Waals surface area contributed by atoms with Crippen molar-refractivity contribution in [3.63, 3.8) is 0 Å². The van der Waals surface area contributed by atoms with Crippen molar-refractivity contribution in [2.45, 2.75) is 78.3 Å². The maximum absolute atomic E-state index is 7.00. The lowest BCUT2D eigenvalue weighted by Crippen LogP contribution is -2.36. The first-order chi connectivity index (χ1) is 12.9. The van der Waals surface area contributed by atoms with Gasteiger partial charge in [-0.25, -0.2) is 0 Å². The number of benzene rings is 1. The molecule has 1 saturated carbocycles. The van der Waals surface area contributed by atoms with Crippen LogP contribution in [0.1, 0.15) is 81.2 Å². The van der Waals surface area contributed by atoms with Gasteiger partial charge in [0.15, 0.2) is 0 Å². The number of nitrogens with one attached hydrogen (secondary N) is 2. The predicted molar refractivity (Wildman–Crippen MR) is 122 cm³/mol. The molecule has 1 aliphatic rings. The highest BCUT2D eigenvalue weighted by atomic mass is 16.5. The summed E-state index contributed by atoms with van der Waals surface area (Å²) in [5.41, 5.74) is 1.58. The van der Waals surface area contributed by atoms with E-state index in [1.165, 1.54) is 37.7 Å². The SMILES string of the molecule is CCCCCNC(C)(C)C.CN[C@H](C)c1cccc(OCC2CC2)c1.CO.[HH].[HH]. The molecule has 1 atom stereocenters. The summed E-state index contributed by atoms with van der Waals surface area (Å²) in [5.74, 6) is 1.82. The van der Waals surface area contributed by atoms with Crippen LogP contribution < -0.4 is 15.4 Å². The first kappa shape index (κ1) is 25.9. The monoisotopic (exact) mass is 384 g/mol. The van der Waals surface area contributed by atoms with Crippen molar-refractivity contribution < 1.29 is 12.7 Å². The van der Waals surface area contributed by atoms with Crippen LogP contribution in [0.5, 0.6) is 5.75 Å². The molecular formula is C23H48N2O2. The van der Waals surface area contributed by atoms with E-state index in [4.69, 9.17) is 9.84 Å². The third kappa shape index (κ3) is 14.6. The second kappa shape index (κ2) is 14.9. The second-order valence-corrected chi connectivity index (χ2v) is 8.22. The molecule has 0 spiro atoms. The Labute approximate surface area is 171 Å². The molecule has 0 amide bonds. The standard InChI is InChI=1S/C13H19NO.C9H21N.CH4O.2H2/c1-10(14-2)12-4-3-5-13(8-12)15-9-11-6-7-11;1-5-6-7-8-10-9(2,3)4;1-2;;/h3-5,8,10-11,14H,6-7,9H2,1-2H3;10H,5-8H2,1-4H3;2H,1H3;2*1H/t10-;;;;/m1..../s1. The first-order valence-electron chi connectivity index (χ1n) is 10.5. The summed E-state index contributed by atoms with van der Waals surface area (Å²) < 4.78 is 5.74. The van der Waals surface area contributed by atoms with Gasteiger partial charge in [-0.15, -0.1) is 0 Å². The van der Waals surface area contributed by atoms with E-state index >= 15 is 0 Å². The summed E-state index contributed by atoms with van der Waals surface area (Å²) in [4.78, 5) is 0. The minimum Gasteiger partial charge on any atom is -0.493 e. The van der Waals surface area contributed by atoms with Gasteiger partial charge in [-0.2, -0.15) is 0 Å². The number of hydrogen-bond donors (Lipinski definition) is 3. The van der Waals surface area contributed by atoms with Crippen molar-refractivity contribution in [2.24, 2.45) is 5.92 Å². The molecule has 0 bridgehead atoms. The molecule has 2 rings (SSSR count). The Bertz CT molecular complexity index is 478. The molecule has 0 unspecified atom stereocenters. The van der Waals surface area contributed by atoms with Gasteiger partial charge < -0.3 is 20.5 Å². The van der Waals surface area contributed by atoms with Crippen molar-refractivity contribution in [3.05, 3.63) is 29.8 Å². The van der Waals surface area contributed by atoms with E-state index in [-0.39, 0.29) is 2.85 Å². The van der Waals surface area contributed by atoms with Crippen molar-refractivity contribution in [1.29, 1.82) is 0 Å². The Morgan fingerprint density at radius 2 is 1.89 bits per heavy atom. The van der Waals surface area contributed by atoms with Gasteiger partial charge in [0, 0.05) is 21.5 Å². The molecule has 1 aromatic carbocycles. The lowest BCUT2D eigenvalue weighted by Gasteiger charge is -2.20. The Hall–Kier alpha value is -1.10. The molecule has 1 fully saturated rings. The van der Waals surface area contributed by atoms with Crippen LogP contribution in [0.3, 0.4) is 0 Å². The maximum Gasteiger partial charge on any atom is 0.119 e. The molecule has 4 heteroatoms. The molecule has 0 saturated heterocycles. The van der Waals surface area contributed by atoms with E-state index < -0.39 is 0 Å². The average Bonchev–Trinajstić information content (AvgIpc) is 3.49. The number of rotatable bonds is 9. The molecule has 0 aliphatic heterocycles. The van der Waals surface area contributed by atoms with E-state index in [9.17, 15) is 0 Å². The van der Waals surface area contributed by atoms with E-state index in [0.717, 1.165) is 31.9 Å². The Morgan fingerprint density at radius 1 is 1.22 bits per heavy atom. The Morgan fingerprint density at radius 3 is 2.41 bits per heavy atom. The van der Waals surface area contributed by atoms with E-state index in [1.807, 2.05) is 13.1 Å². The van der Waals surface area contributed by atoms with Crippen LogP contribution in [0.4, 0.5) is 0 Å². The summed E-state index contributed by atoms with van der Waals surface area (Å²) in [6, 6.07) is 8.74. The van der Waals surface area contributed by atoms with Gasteiger partial charge in [-0.1, -0.05) is 31.9 Å². The van der Waals surface area contributed by atoms with E-state index in [1.54, 1.807) is 0 Å². The van der Waals surface area contributed by atoms with E-state index in [0.29, 0.717) is 11.6 Å². The number of aliphatic hydroxyl groups is 1. The summed E-state index contributed by atoms with van der Waals surface area (Å²) in [7, 11) is 2.97. The fourth-order valence-electron chi connectivity index (χ4n) is 2.38. The van der Waals surface area contributed by atoms with Gasteiger partial charge in [-0.3, -0.25) is 0 Å². The normalized spacial score (nSPS) is 14.4. The van der Waals surface area contributed by atoms with Gasteiger partial charge in [0.05, 0.1) is 6.61 Å². The van der Waals surface area contributed by atoms with Crippen LogP contribution in [0.2, 0.25) is 0 Å². The summed E-state index contributed by atoms with van der Waals surface area (Å²) >= 11 is 0. The van der Waals surface area contributed by atoms with Crippen LogP contribution in [0.25, 0.3) is 0 Å². The van der Waals surface area contributed by atoms with Crippen LogP contribution in [-0.2, 0) is 0 Å². The zero-order valence-corrected chi connectivity index (χ0v) is 18.8. The second-order valence-electron chi connectivity index (χ2n) is 8.22. The highest BCUT2D eigenvalue weighted by molar-refractivity contribution is 5.30. The largest absolute Gasteiger partial charge is 0.493 e. The van der Waals surface area contributed by atoms with Gasteiger partial charge in [0.2, 0.25) is 0 Å². The quantitative estimate of drug-likeness (QED) is 0.498. The third-order valence-electron chi connectivity index (χ3n) is 4.41. The first-order valence-corrected chi connectivity index (χ1v) is 10.5. The van der Waals surface area contributed by atoms with Crippen LogP contribution in [0, 0.1) is 5.92 Å². The van der Waals surface area contributed by atoms with Crippen molar-refractivity contribution in [2.75, 3.05) is 27.3 Å². The maximum atomic E-state index is 7.00. The molecule has 0 aromatic heterocycles. The molecule has 1 aliphatic carbocycles. The zero-order valence-electron chi connectivity index (χ0n) is 18.8. The van der Waals surface area contributed by atoms with Crippen molar-refractivity contribution in [1.82, 2.24) is 10.6 Å². The Kier molecular flexibility index (Phi) is 14.3. The summed E-state index contributed by atoms with van der Waals surface area (Å²) in [6.07, 6.45) is 6.65. The molecular weight excluding hydrogens is 336 g/mol. The number of aliphatic hydroxyl groups excluding tert-OH is 1. The minimum atomic E-state index is 0. The van der Waals surface area contributed by atoms with Crippen LogP contribution >= 0.6 is 0 Å². The van der Waals surface area contributed by atoms with Crippen molar-refractivity contribution >= 4 is 0 Å². The summed E-state index contributed by atoms with van der Waals surface area (Å²) in [6.45, 7) is 13.1. The molecule has 162 valence electrons. The molecule has 1 aromatic rings. The van der Waals surface area contributed by atoms with Gasteiger partial charge >= 0.3 is 0 Å². The number of hydrogen-bond acceptors (Lipinski definition) is 4. The van der Waals surface area contributed by atoms with Gasteiger partial charge in [0.25, 0.3) is 0 Å². The Balaban J connectivity index is -0.000000430. The number of ether oxygens (including phenoxy) is 1. The highest BCUT2D eigenvalue weighted by Crippen LogP contribution is 2.30. The fourth-order valence-corrected chi connectivity index (χ4v) is 2.38. The predicted octanol–water partition coefficient (Wildman–Crippen LogP) is 5.42. The molecule has 0 heterocycles. The van der Waals surface area contributed by atoms with Crippen LogP contribution in [-0.4, -0.2) is 38.0 Å². The lowest BCUT2D eigenvalue weighted by atomic mass is 10.1. The van der Waals surface area contributed by atoms with E-state index in [2.05, 4.69) is 63.5 Å². The topological polar surface area (TPSA) is 53.5 Å². The highest BCUT2D eigenvalue weighted by Gasteiger charge is 2.21. The van der Waals surface area contributed by atoms with Gasteiger partial charge in [0.1, 0.15) is 5.75 Å². The molecule has 3 N–H and O–H groups in total. The minimum absolute atomic E-state index is 0.